The molecule has 144 valence electrons. The van der Waals surface area contributed by atoms with Crippen LogP contribution in [0.25, 0.3) is 0 Å². The number of likely N-dealkylation sites (tertiary alicyclic amines) is 1. The van der Waals surface area contributed by atoms with Gasteiger partial charge in [0, 0.05) is 40.3 Å². The molecule has 0 radical (unpaired) electrons. The molecule has 0 atom stereocenters. The van der Waals surface area contributed by atoms with Gasteiger partial charge >= 0.3 is 0 Å². The number of carbonyl (C=O) groups is 2. The SMILES string of the molecule is CNCCC1CCN(CC(=O)N2CCN(CC(=O)N(C)C)CC2)CC1. The van der Waals surface area contributed by atoms with Crippen LogP contribution >= 0.6 is 0 Å². The van der Waals surface area contributed by atoms with E-state index in [0.717, 1.165) is 51.7 Å². The molecule has 0 spiro atoms. The van der Waals surface area contributed by atoms with Crippen molar-refractivity contribution >= 4 is 11.8 Å². The lowest BCUT2D eigenvalue weighted by Crippen LogP contribution is -2.53. The highest BCUT2D eigenvalue weighted by Crippen LogP contribution is 2.20. The van der Waals surface area contributed by atoms with Crippen LogP contribution in [0.4, 0.5) is 0 Å². The molecular weight excluding hydrogens is 318 g/mol. The van der Waals surface area contributed by atoms with Crippen molar-refractivity contribution in [1.82, 2.24) is 24.9 Å². The molecule has 2 rings (SSSR count). The van der Waals surface area contributed by atoms with Gasteiger partial charge in [-0.3, -0.25) is 19.4 Å². The second-order valence-corrected chi connectivity index (χ2v) is 7.56. The van der Waals surface area contributed by atoms with Gasteiger partial charge in [-0.25, -0.2) is 0 Å². The van der Waals surface area contributed by atoms with E-state index >= 15 is 0 Å². The third-order valence-corrected chi connectivity index (χ3v) is 5.45. The van der Waals surface area contributed by atoms with Crippen LogP contribution in [0.15, 0.2) is 0 Å². The Morgan fingerprint density at radius 1 is 0.960 bits per heavy atom. The lowest BCUT2D eigenvalue weighted by molar-refractivity contribution is -0.135. The zero-order valence-electron chi connectivity index (χ0n) is 16.2. The van der Waals surface area contributed by atoms with E-state index < -0.39 is 0 Å². The first-order chi connectivity index (χ1) is 12.0. The monoisotopic (exact) mass is 353 g/mol. The molecule has 0 saturated carbocycles. The van der Waals surface area contributed by atoms with Crippen molar-refractivity contribution < 1.29 is 9.59 Å². The first-order valence-electron chi connectivity index (χ1n) is 9.57. The van der Waals surface area contributed by atoms with Crippen molar-refractivity contribution in [3.05, 3.63) is 0 Å². The maximum Gasteiger partial charge on any atom is 0.236 e. The molecule has 0 aromatic carbocycles. The summed E-state index contributed by atoms with van der Waals surface area (Å²) in [5.41, 5.74) is 0. The van der Waals surface area contributed by atoms with E-state index in [-0.39, 0.29) is 11.8 Å². The number of carbonyl (C=O) groups excluding carboxylic acids is 2. The number of piperidine rings is 1. The van der Waals surface area contributed by atoms with Crippen LogP contribution in [0.5, 0.6) is 0 Å². The van der Waals surface area contributed by atoms with Gasteiger partial charge in [0.05, 0.1) is 13.1 Å². The van der Waals surface area contributed by atoms with E-state index in [2.05, 4.69) is 15.1 Å². The molecule has 2 heterocycles. The highest BCUT2D eigenvalue weighted by Gasteiger charge is 2.26. The Hall–Kier alpha value is -1.18. The van der Waals surface area contributed by atoms with Gasteiger partial charge in [0.15, 0.2) is 0 Å². The summed E-state index contributed by atoms with van der Waals surface area (Å²) in [5, 5.41) is 3.22. The van der Waals surface area contributed by atoms with E-state index in [9.17, 15) is 9.59 Å². The molecule has 0 unspecified atom stereocenters. The van der Waals surface area contributed by atoms with Gasteiger partial charge < -0.3 is 15.1 Å². The Kier molecular flexibility index (Phi) is 8.12. The van der Waals surface area contributed by atoms with Crippen LogP contribution in [0.3, 0.4) is 0 Å². The van der Waals surface area contributed by atoms with Crippen molar-refractivity contribution in [2.24, 2.45) is 5.92 Å². The topological polar surface area (TPSA) is 59.1 Å². The number of hydrogen-bond acceptors (Lipinski definition) is 5. The Bertz CT molecular complexity index is 427. The number of hydrogen-bond donors (Lipinski definition) is 1. The van der Waals surface area contributed by atoms with Crippen LogP contribution in [-0.4, -0.2) is 111 Å². The second kappa shape index (κ2) is 10.1. The fraction of sp³-hybridized carbons (Fsp3) is 0.889. The zero-order chi connectivity index (χ0) is 18.2. The van der Waals surface area contributed by atoms with Crippen LogP contribution in [0.2, 0.25) is 0 Å². The minimum Gasteiger partial charge on any atom is -0.348 e. The molecule has 7 nitrogen and oxygen atoms in total. The number of nitrogens with zero attached hydrogens (tertiary/aromatic N) is 4. The van der Waals surface area contributed by atoms with Gasteiger partial charge in [-0.1, -0.05) is 0 Å². The summed E-state index contributed by atoms with van der Waals surface area (Å²) in [6, 6.07) is 0. The average molecular weight is 354 g/mol. The van der Waals surface area contributed by atoms with E-state index in [4.69, 9.17) is 0 Å². The molecule has 2 amide bonds. The molecular formula is C18H35N5O2. The van der Waals surface area contributed by atoms with Gasteiger partial charge in [-0.15, -0.1) is 0 Å². The molecule has 1 N–H and O–H groups in total. The van der Waals surface area contributed by atoms with Gasteiger partial charge in [0.25, 0.3) is 0 Å². The Labute approximate surface area is 152 Å². The van der Waals surface area contributed by atoms with Crippen LogP contribution < -0.4 is 5.32 Å². The quantitative estimate of drug-likeness (QED) is 0.671. The van der Waals surface area contributed by atoms with Crippen LogP contribution in [0, 0.1) is 5.92 Å². The van der Waals surface area contributed by atoms with E-state index in [0.29, 0.717) is 13.1 Å². The van der Waals surface area contributed by atoms with Crippen LogP contribution in [0.1, 0.15) is 19.3 Å². The lowest BCUT2D eigenvalue weighted by atomic mass is 9.93. The average Bonchev–Trinajstić information content (AvgIpc) is 2.61. The minimum absolute atomic E-state index is 0.126. The Morgan fingerprint density at radius 2 is 1.56 bits per heavy atom. The van der Waals surface area contributed by atoms with Crippen molar-refractivity contribution in [3.63, 3.8) is 0 Å². The van der Waals surface area contributed by atoms with Crippen molar-refractivity contribution in [3.8, 4) is 0 Å². The number of rotatable bonds is 7. The van der Waals surface area contributed by atoms with Crippen LogP contribution in [-0.2, 0) is 9.59 Å². The predicted molar refractivity (Wildman–Crippen MR) is 99.4 cm³/mol. The third kappa shape index (κ3) is 6.56. The molecule has 0 aromatic heterocycles. The van der Waals surface area contributed by atoms with Gasteiger partial charge in [-0.2, -0.15) is 0 Å². The molecule has 7 heteroatoms. The number of amides is 2. The molecule has 0 aromatic rings. The summed E-state index contributed by atoms with van der Waals surface area (Å²) in [6.07, 6.45) is 3.65. The summed E-state index contributed by atoms with van der Waals surface area (Å²) in [6.45, 7) is 7.22. The summed E-state index contributed by atoms with van der Waals surface area (Å²) in [5.74, 6) is 1.17. The minimum atomic E-state index is 0.126. The van der Waals surface area contributed by atoms with Gasteiger partial charge in [-0.05, 0) is 51.9 Å². The molecule has 2 aliphatic heterocycles. The standard InChI is InChI=1S/C18H35N5O2/c1-19-7-4-16-5-8-21(9-6-16)15-18(25)23-12-10-22(11-13-23)14-17(24)20(2)3/h16,19H,4-15H2,1-3H3. The molecule has 0 aliphatic carbocycles. The van der Waals surface area contributed by atoms with Gasteiger partial charge in [0.1, 0.15) is 0 Å². The largest absolute Gasteiger partial charge is 0.348 e. The summed E-state index contributed by atoms with van der Waals surface area (Å²) in [4.78, 5) is 32.3. The molecule has 25 heavy (non-hydrogen) atoms. The van der Waals surface area contributed by atoms with Crippen molar-refractivity contribution in [2.75, 3.05) is 80.0 Å². The molecule has 2 aliphatic rings. The highest BCUT2D eigenvalue weighted by molar-refractivity contribution is 5.79. The van der Waals surface area contributed by atoms with Crippen molar-refractivity contribution in [2.45, 2.75) is 19.3 Å². The summed E-state index contributed by atoms with van der Waals surface area (Å²) in [7, 11) is 5.57. The molecule has 0 bridgehead atoms. The van der Waals surface area contributed by atoms with Gasteiger partial charge in [0.2, 0.25) is 11.8 Å². The predicted octanol–water partition coefficient (Wildman–Crippen LogP) is -0.460. The maximum atomic E-state index is 12.5. The number of piperazine rings is 1. The Morgan fingerprint density at radius 3 is 2.12 bits per heavy atom. The first kappa shape index (κ1) is 20.1. The second-order valence-electron chi connectivity index (χ2n) is 7.56. The molecule has 2 fully saturated rings. The smallest absolute Gasteiger partial charge is 0.236 e. The normalized spacial score (nSPS) is 20.7. The van der Waals surface area contributed by atoms with E-state index in [1.54, 1.807) is 19.0 Å². The molecule has 2 saturated heterocycles. The number of likely N-dealkylation sites (N-methyl/N-ethyl adjacent to an activating group) is 1. The lowest BCUT2D eigenvalue weighted by Gasteiger charge is -2.37. The maximum absolute atomic E-state index is 12.5. The highest BCUT2D eigenvalue weighted by atomic mass is 16.2. The third-order valence-electron chi connectivity index (χ3n) is 5.45. The van der Waals surface area contributed by atoms with Crippen molar-refractivity contribution in [1.29, 1.82) is 0 Å². The number of nitrogens with one attached hydrogen (secondary N) is 1. The zero-order valence-corrected chi connectivity index (χ0v) is 16.2. The fourth-order valence-corrected chi connectivity index (χ4v) is 3.56. The summed E-state index contributed by atoms with van der Waals surface area (Å²) >= 11 is 0. The first-order valence-corrected chi connectivity index (χ1v) is 9.57. The van der Waals surface area contributed by atoms with E-state index in [1.165, 1.54) is 19.3 Å². The fourth-order valence-electron chi connectivity index (χ4n) is 3.56. The van der Waals surface area contributed by atoms with E-state index in [1.807, 2.05) is 11.9 Å². The summed E-state index contributed by atoms with van der Waals surface area (Å²) < 4.78 is 0. The Balaban J connectivity index is 1.65.